The Bertz CT molecular complexity index is 1090. The van der Waals surface area contributed by atoms with Crippen LogP contribution in [0.3, 0.4) is 0 Å². The van der Waals surface area contributed by atoms with Crippen LogP contribution in [0.5, 0.6) is 5.75 Å². The summed E-state index contributed by atoms with van der Waals surface area (Å²) in [7, 11) is 2.99. The second kappa shape index (κ2) is 9.49. The van der Waals surface area contributed by atoms with E-state index >= 15 is 0 Å². The molecule has 162 valence electrons. The van der Waals surface area contributed by atoms with Gasteiger partial charge >= 0.3 is 5.97 Å². The summed E-state index contributed by atoms with van der Waals surface area (Å²) in [6.07, 6.45) is 0. The second-order valence-electron chi connectivity index (χ2n) is 7.96. The van der Waals surface area contributed by atoms with Crippen molar-refractivity contribution in [2.24, 2.45) is 0 Å². The SMILES string of the molecule is COC(=O)c1cc(-c2ccccc2)sc1NC(=S)Nc1cc(C(C)(C)C)ccc1OC. The van der Waals surface area contributed by atoms with Crippen LogP contribution in [0.1, 0.15) is 36.7 Å². The lowest BCUT2D eigenvalue weighted by Gasteiger charge is -2.21. The molecule has 0 saturated heterocycles. The van der Waals surface area contributed by atoms with Gasteiger partial charge in [0.1, 0.15) is 10.8 Å². The van der Waals surface area contributed by atoms with Crippen LogP contribution in [0.25, 0.3) is 10.4 Å². The maximum atomic E-state index is 12.3. The van der Waals surface area contributed by atoms with E-state index in [0.29, 0.717) is 21.4 Å². The second-order valence-corrected chi connectivity index (χ2v) is 9.42. The van der Waals surface area contributed by atoms with Crippen molar-refractivity contribution in [2.75, 3.05) is 24.9 Å². The zero-order valence-electron chi connectivity index (χ0n) is 18.2. The summed E-state index contributed by atoms with van der Waals surface area (Å²) in [5, 5.41) is 7.34. The molecule has 0 saturated carbocycles. The number of methoxy groups -OCH3 is 2. The van der Waals surface area contributed by atoms with Gasteiger partial charge in [0.25, 0.3) is 0 Å². The molecular weight excluding hydrogens is 428 g/mol. The van der Waals surface area contributed by atoms with Crippen LogP contribution in [0.15, 0.2) is 54.6 Å². The summed E-state index contributed by atoms with van der Waals surface area (Å²) in [5.41, 5.74) is 3.34. The largest absolute Gasteiger partial charge is 0.495 e. The predicted molar refractivity (Wildman–Crippen MR) is 133 cm³/mol. The number of nitrogens with one attached hydrogen (secondary N) is 2. The predicted octanol–water partition coefficient (Wildman–Crippen LogP) is 6.32. The minimum absolute atomic E-state index is 0.0197. The van der Waals surface area contributed by atoms with E-state index in [0.717, 1.165) is 21.7 Å². The molecule has 0 amide bonds. The summed E-state index contributed by atoms with van der Waals surface area (Å²) in [6, 6.07) is 17.7. The fourth-order valence-corrected chi connectivity index (χ4v) is 4.35. The number of thiocarbonyl (C=S) groups is 1. The molecule has 7 heteroatoms. The quantitative estimate of drug-likeness (QED) is 0.348. The average Bonchev–Trinajstić information content (AvgIpc) is 3.16. The summed E-state index contributed by atoms with van der Waals surface area (Å²) < 4.78 is 10.4. The smallest absolute Gasteiger partial charge is 0.340 e. The highest BCUT2D eigenvalue weighted by Crippen LogP contribution is 2.36. The highest BCUT2D eigenvalue weighted by atomic mass is 32.1. The first-order chi connectivity index (χ1) is 14.7. The Kier molecular flexibility index (Phi) is 6.97. The standard InChI is InChI=1S/C24H26N2O3S2/c1-24(2,3)16-11-12-19(28-4)18(13-16)25-23(30)26-21-17(22(27)29-5)14-20(31-21)15-9-7-6-8-10-15/h6-14H,1-5H3,(H2,25,26,30). The lowest BCUT2D eigenvalue weighted by Crippen LogP contribution is -2.21. The van der Waals surface area contributed by atoms with E-state index in [9.17, 15) is 4.79 Å². The number of benzene rings is 2. The fraction of sp³-hybridized carbons (Fsp3) is 0.250. The van der Waals surface area contributed by atoms with Gasteiger partial charge in [0, 0.05) is 4.88 Å². The van der Waals surface area contributed by atoms with Crippen LogP contribution in [0, 0.1) is 0 Å². The van der Waals surface area contributed by atoms with Crippen LogP contribution in [-0.2, 0) is 10.2 Å². The lowest BCUT2D eigenvalue weighted by atomic mass is 9.87. The van der Waals surface area contributed by atoms with E-state index in [1.54, 1.807) is 7.11 Å². The number of carbonyl (C=O) groups excluding carboxylic acids is 1. The molecule has 0 spiro atoms. The highest BCUT2D eigenvalue weighted by molar-refractivity contribution is 7.80. The van der Waals surface area contributed by atoms with Crippen LogP contribution < -0.4 is 15.4 Å². The van der Waals surface area contributed by atoms with E-state index < -0.39 is 5.97 Å². The van der Waals surface area contributed by atoms with Crippen molar-refractivity contribution in [1.82, 2.24) is 0 Å². The molecule has 3 rings (SSSR count). The normalized spacial score (nSPS) is 11.0. The maximum Gasteiger partial charge on any atom is 0.340 e. The number of carbonyl (C=O) groups is 1. The molecule has 1 aromatic heterocycles. The van der Waals surface area contributed by atoms with Crippen molar-refractivity contribution in [3.8, 4) is 16.2 Å². The highest BCUT2D eigenvalue weighted by Gasteiger charge is 2.20. The Labute approximate surface area is 192 Å². The number of ether oxygens (including phenoxy) is 2. The molecule has 0 bridgehead atoms. The molecule has 2 N–H and O–H groups in total. The molecule has 3 aromatic rings. The topological polar surface area (TPSA) is 59.6 Å². The van der Waals surface area contributed by atoms with E-state index in [1.807, 2.05) is 54.6 Å². The number of anilines is 2. The van der Waals surface area contributed by atoms with Crippen molar-refractivity contribution >= 4 is 45.3 Å². The van der Waals surface area contributed by atoms with Gasteiger partial charge in [-0.25, -0.2) is 4.79 Å². The molecule has 0 atom stereocenters. The third-order valence-corrected chi connectivity index (χ3v) is 6.04. The third kappa shape index (κ3) is 5.42. The number of hydrogen-bond acceptors (Lipinski definition) is 5. The zero-order valence-corrected chi connectivity index (χ0v) is 19.9. The van der Waals surface area contributed by atoms with Gasteiger partial charge in [-0.15, -0.1) is 11.3 Å². The first-order valence-electron chi connectivity index (χ1n) is 9.77. The van der Waals surface area contributed by atoms with E-state index in [1.165, 1.54) is 18.4 Å². The van der Waals surface area contributed by atoms with Gasteiger partial charge in [-0.05, 0) is 47.0 Å². The van der Waals surface area contributed by atoms with Gasteiger partial charge in [0.2, 0.25) is 0 Å². The molecule has 0 radical (unpaired) electrons. The van der Waals surface area contributed by atoms with Crippen LogP contribution in [-0.4, -0.2) is 25.3 Å². The van der Waals surface area contributed by atoms with E-state index in [-0.39, 0.29) is 5.41 Å². The molecule has 0 unspecified atom stereocenters. The molecule has 2 aromatic carbocycles. The van der Waals surface area contributed by atoms with Crippen LogP contribution in [0.4, 0.5) is 10.7 Å². The van der Waals surface area contributed by atoms with Crippen molar-refractivity contribution < 1.29 is 14.3 Å². The number of esters is 1. The van der Waals surface area contributed by atoms with Crippen molar-refractivity contribution in [2.45, 2.75) is 26.2 Å². The summed E-state index contributed by atoms with van der Waals surface area (Å²) in [4.78, 5) is 13.3. The first kappa shape index (κ1) is 22.8. The number of thiophene rings is 1. The van der Waals surface area contributed by atoms with Crippen LogP contribution in [0.2, 0.25) is 0 Å². The number of rotatable bonds is 5. The van der Waals surface area contributed by atoms with E-state index in [2.05, 4.69) is 31.4 Å². The monoisotopic (exact) mass is 454 g/mol. The maximum absolute atomic E-state index is 12.3. The third-order valence-electron chi connectivity index (χ3n) is 4.74. The Morgan fingerprint density at radius 1 is 1.00 bits per heavy atom. The molecule has 0 aliphatic heterocycles. The van der Waals surface area contributed by atoms with Gasteiger partial charge in [-0.2, -0.15) is 0 Å². The molecule has 1 heterocycles. The zero-order chi connectivity index (χ0) is 22.6. The lowest BCUT2D eigenvalue weighted by molar-refractivity contribution is 0.0602. The molecule has 0 fully saturated rings. The van der Waals surface area contributed by atoms with Gasteiger partial charge in [0.15, 0.2) is 5.11 Å². The Hall–Kier alpha value is -2.90. The first-order valence-corrected chi connectivity index (χ1v) is 11.0. The van der Waals surface area contributed by atoms with Gasteiger partial charge < -0.3 is 20.1 Å². The Morgan fingerprint density at radius 2 is 1.71 bits per heavy atom. The van der Waals surface area contributed by atoms with Gasteiger partial charge in [-0.1, -0.05) is 57.2 Å². The minimum atomic E-state index is -0.420. The minimum Gasteiger partial charge on any atom is -0.495 e. The van der Waals surface area contributed by atoms with Crippen molar-refractivity contribution in [1.29, 1.82) is 0 Å². The number of hydrogen-bond donors (Lipinski definition) is 2. The summed E-state index contributed by atoms with van der Waals surface area (Å²) >= 11 is 6.99. The van der Waals surface area contributed by atoms with Crippen molar-refractivity contribution in [3.05, 3.63) is 65.7 Å². The van der Waals surface area contributed by atoms with E-state index in [4.69, 9.17) is 21.7 Å². The van der Waals surface area contributed by atoms with Gasteiger partial charge in [-0.3, -0.25) is 0 Å². The van der Waals surface area contributed by atoms with Crippen LogP contribution >= 0.6 is 23.6 Å². The Morgan fingerprint density at radius 3 is 2.32 bits per heavy atom. The molecule has 0 aliphatic carbocycles. The van der Waals surface area contributed by atoms with Gasteiger partial charge in [0.05, 0.1) is 25.5 Å². The molecule has 0 aliphatic rings. The molecule has 31 heavy (non-hydrogen) atoms. The molecule has 5 nitrogen and oxygen atoms in total. The summed E-state index contributed by atoms with van der Waals surface area (Å²) in [5.74, 6) is 0.262. The summed E-state index contributed by atoms with van der Waals surface area (Å²) in [6.45, 7) is 6.44. The van der Waals surface area contributed by atoms with Crippen molar-refractivity contribution in [3.63, 3.8) is 0 Å². The average molecular weight is 455 g/mol. The molecular formula is C24H26N2O3S2. The Balaban J connectivity index is 1.88. The fourth-order valence-electron chi connectivity index (χ4n) is 3.02.